The van der Waals surface area contributed by atoms with Crippen molar-refractivity contribution in [2.75, 3.05) is 19.8 Å². The van der Waals surface area contributed by atoms with Crippen molar-refractivity contribution in [1.29, 1.82) is 0 Å². The smallest absolute Gasteiger partial charge is 0.227 e. The molecule has 4 nitrogen and oxygen atoms in total. The normalized spacial score (nSPS) is 37.3. The summed E-state index contributed by atoms with van der Waals surface area (Å²) in [5, 5.41) is 0. The van der Waals surface area contributed by atoms with Gasteiger partial charge in [-0.3, -0.25) is 4.79 Å². The Balaban J connectivity index is 1.40. The third kappa shape index (κ3) is 2.12. The highest BCUT2D eigenvalue weighted by Gasteiger charge is 2.62. The van der Waals surface area contributed by atoms with Crippen molar-refractivity contribution >= 4 is 5.91 Å². The third-order valence-corrected chi connectivity index (χ3v) is 6.62. The predicted octanol–water partition coefficient (Wildman–Crippen LogP) is 2.90. The standard InChI is InChI=1S/C20H25NO3/c22-19(21-10-12-24-18-8-4-2-6-16(18)21)15-13-20(15)9-11-23-17-7-3-1-5-14(17)20/h1,3,5,7,15-16,18H,2,4,6,8-13H2/t15-,16+,18-,20-/m0/s1. The molecular weight excluding hydrogens is 302 g/mol. The van der Waals surface area contributed by atoms with E-state index in [2.05, 4.69) is 17.0 Å². The second-order valence-electron chi connectivity index (χ2n) is 7.80. The van der Waals surface area contributed by atoms with Crippen LogP contribution < -0.4 is 4.74 Å². The van der Waals surface area contributed by atoms with Crippen LogP contribution in [0.4, 0.5) is 0 Å². The zero-order valence-corrected chi connectivity index (χ0v) is 14.1. The van der Waals surface area contributed by atoms with Crippen molar-refractivity contribution in [1.82, 2.24) is 4.90 Å². The molecule has 2 saturated carbocycles. The topological polar surface area (TPSA) is 38.8 Å². The molecule has 1 saturated heterocycles. The summed E-state index contributed by atoms with van der Waals surface area (Å²) in [5.41, 5.74) is 1.29. The lowest BCUT2D eigenvalue weighted by molar-refractivity contribution is -0.151. The molecule has 128 valence electrons. The van der Waals surface area contributed by atoms with E-state index in [9.17, 15) is 4.79 Å². The van der Waals surface area contributed by atoms with Gasteiger partial charge in [0.2, 0.25) is 5.91 Å². The molecule has 1 spiro atoms. The fourth-order valence-corrected chi connectivity index (χ4v) is 5.25. The van der Waals surface area contributed by atoms with Crippen LogP contribution in [0, 0.1) is 5.92 Å². The van der Waals surface area contributed by atoms with Gasteiger partial charge in [-0.1, -0.05) is 31.0 Å². The molecule has 2 aliphatic carbocycles. The highest BCUT2D eigenvalue weighted by molar-refractivity contribution is 5.85. The molecule has 0 unspecified atom stereocenters. The number of benzene rings is 1. The lowest BCUT2D eigenvalue weighted by atomic mass is 9.86. The van der Waals surface area contributed by atoms with Gasteiger partial charge < -0.3 is 14.4 Å². The molecule has 0 bridgehead atoms. The number of para-hydroxylation sites is 1. The van der Waals surface area contributed by atoms with Gasteiger partial charge in [0.05, 0.1) is 25.4 Å². The summed E-state index contributed by atoms with van der Waals surface area (Å²) >= 11 is 0. The summed E-state index contributed by atoms with van der Waals surface area (Å²) in [5.74, 6) is 1.49. The first-order valence-corrected chi connectivity index (χ1v) is 9.44. The first kappa shape index (κ1) is 14.8. The van der Waals surface area contributed by atoms with E-state index < -0.39 is 0 Å². The Hall–Kier alpha value is -1.55. The first-order valence-electron chi connectivity index (χ1n) is 9.44. The number of carbonyl (C=O) groups excluding carboxylic acids is 1. The zero-order valence-electron chi connectivity index (χ0n) is 14.1. The minimum atomic E-state index is 0.0361. The molecule has 1 aromatic carbocycles. The van der Waals surface area contributed by atoms with Crippen LogP contribution >= 0.6 is 0 Å². The number of carbonyl (C=O) groups is 1. The summed E-state index contributed by atoms with van der Waals surface area (Å²) in [4.78, 5) is 15.5. The SMILES string of the molecule is O=C([C@@H]1C[C@]12CCOc1ccccc12)N1CCO[C@H]2CCCC[C@H]21. The molecule has 1 aromatic rings. The average molecular weight is 327 g/mol. The molecule has 4 atom stereocenters. The second-order valence-corrected chi connectivity index (χ2v) is 7.80. The number of amides is 1. The number of hydrogen-bond acceptors (Lipinski definition) is 3. The Morgan fingerprint density at radius 3 is 3.00 bits per heavy atom. The number of nitrogens with zero attached hydrogens (tertiary/aromatic N) is 1. The van der Waals surface area contributed by atoms with Crippen molar-refractivity contribution in [3.63, 3.8) is 0 Å². The van der Waals surface area contributed by atoms with E-state index in [1.165, 1.54) is 18.4 Å². The number of rotatable bonds is 1. The van der Waals surface area contributed by atoms with Crippen molar-refractivity contribution in [2.24, 2.45) is 5.92 Å². The number of hydrogen-bond donors (Lipinski definition) is 0. The highest BCUT2D eigenvalue weighted by atomic mass is 16.5. The van der Waals surface area contributed by atoms with Crippen molar-refractivity contribution in [3.8, 4) is 5.75 Å². The third-order valence-electron chi connectivity index (χ3n) is 6.62. The maximum atomic E-state index is 13.3. The van der Waals surface area contributed by atoms with Crippen LogP contribution in [0.15, 0.2) is 24.3 Å². The molecule has 2 heterocycles. The van der Waals surface area contributed by atoms with Gasteiger partial charge in [-0.05, 0) is 31.7 Å². The van der Waals surface area contributed by atoms with Crippen LogP contribution in [0.3, 0.4) is 0 Å². The monoisotopic (exact) mass is 327 g/mol. The fourth-order valence-electron chi connectivity index (χ4n) is 5.25. The highest BCUT2D eigenvalue weighted by Crippen LogP contribution is 2.61. The summed E-state index contributed by atoms with van der Waals surface area (Å²) in [7, 11) is 0. The minimum absolute atomic E-state index is 0.0361. The maximum absolute atomic E-state index is 13.3. The molecule has 4 heteroatoms. The van der Waals surface area contributed by atoms with Gasteiger partial charge in [0.1, 0.15) is 5.75 Å². The van der Waals surface area contributed by atoms with Crippen molar-refractivity contribution < 1.29 is 14.3 Å². The minimum Gasteiger partial charge on any atom is -0.493 e. The Labute approximate surface area is 143 Å². The summed E-state index contributed by atoms with van der Waals surface area (Å²) in [6.45, 7) is 2.20. The molecule has 5 rings (SSSR count). The van der Waals surface area contributed by atoms with Gasteiger partial charge in [0.15, 0.2) is 0 Å². The van der Waals surface area contributed by atoms with Gasteiger partial charge in [0, 0.05) is 23.4 Å². The number of fused-ring (bicyclic) bond motifs is 3. The average Bonchev–Trinajstić information content (AvgIpc) is 3.36. The van der Waals surface area contributed by atoms with E-state index in [-0.39, 0.29) is 17.4 Å². The first-order chi connectivity index (χ1) is 11.8. The molecule has 24 heavy (non-hydrogen) atoms. The quantitative estimate of drug-likeness (QED) is 0.796. The van der Waals surface area contributed by atoms with E-state index in [4.69, 9.17) is 9.47 Å². The van der Waals surface area contributed by atoms with Crippen molar-refractivity contribution in [3.05, 3.63) is 29.8 Å². The van der Waals surface area contributed by atoms with E-state index in [0.29, 0.717) is 18.6 Å². The Morgan fingerprint density at radius 2 is 2.04 bits per heavy atom. The van der Waals surface area contributed by atoms with Gasteiger partial charge in [-0.2, -0.15) is 0 Å². The maximum Gasteiger partial charge on any atom is 0.227 e. The number of morpholine rings is 1. The van der Waals surface area contributed by atoms with Crippen molar-refractivity contribution in [2.45, 2.75) is 56.1 Å². The lowest BCUT2D eigenvalue weighted by Gasteiger charge is -2.44. The van der Waals surface area contributed by atoms with Gasteiger partial charge in [-0.25, -0.2) is 0 Å². The molecule has 0 radical (unpaired) electrons. The van der Waals surface area contributed by atoms with E-state index >= 15 is 0 Å². The second kappa shape index (κ2) is 5.48. The summed E-state index contributed by atoms with van der Waals surface area (Å²) < 4.78 is 11.8. The molecule has 0 N–H and O–H groups in total. The molecule has 3 fully saturated rings. The fraction of sp³-hybridized carbons (Fsp3) is 0.650. The Bertz CT molecular complexity index is 658. The van der Waals surface area contributed by atoms with E-state index in [0.717, 1.165) is 44.6 Å². The van der Waals surface area contributed by atoms with Gasteiger partial charge in [-0.15, -0.1) is 0 Å². The van der Waals surface area contributed by atoms with Crippen LogP contribution in [0.1, 0.15) is 44.1 Å². The lowest BCUT2D eigenvalue weighted by Crippen LogP contribution is -2.55. The molecule has 2 aliphatic heterocycles. The van der Waals surface area contributed by atoms with Crippen LogP contribution in [0.2, 0.25) is 0 Å². The Morgan fingerprint density at radius 1 is 1.17 bits per heavy atom. The molecule has 1 amide bonds. The summed E-state index contributed by atoms with van der Waals surface area (Å²) in [6, 6.07) is 8.60. The zero-order chi connectivity index (χ0) is 16.1. The molecule has 4 aliphatic rings. The van der Waals surface area contributed by atoms with Gasteiger partial charge in [0.25, 0.3) is 0 Å². The van der Waals surface area contributed by atoms with Crippen LogP contribution in [0.25, 0.3) is 0 Å². The van der Waals surface area contributed by atoms with Gasteiger partial charge >= 0.3 is 0 Å². The largest absolute Gasteiger partial charge is 0.493 e. The molecule has 0 aromatic heterocycles. The number of ether oxygens (including phenoxy) is 2. The predicted molar refractivity (Wildman–Crippen MR) is 90.0 cm³/mol. The van der Waals surface area contributed by atoms with E-state index in [1.807, 2.05) is 12.1 Å². The van der Waals surface area contributed by atoms with Crippen LogP contribution in [-0.2, 0) is 14.9 Å². The van der Waals surface area contributed by atoms with Crippen LogP contribution in [0.5, 0.6) is 5.75 Å². The molecular formula is C20H25NO3. The summed E-state index contributed by atoms with van der Waals surface area (Å²) in [6.07, 6.45) is 6.91. The van der Waals surface area contributed by atoms with Crippen LogP contribution in [-0.4, -0.2) is 42.7 Å². The van der Waals surface area contributed by atoms with E-state index in [1.54, 1.807) is 0 Å². The Kier molecular flexibility index (Phi) is 3.37.